The van der Waals surface area contributed by atoms with E-state index >= 15 is 0 Å². The summed E-state index contributed by atoms with van der Waals surface area (Å²) in [6, 6.07) is 15.2. The fourth-order valence-electron chi connectivity index (χ4n) is 4.40. The third-order valence-electron chi connectivity index (χ3n) is 6.00. The van der Waals surface area contributed by atoms with Crippen molar-refractivity contribution in [1.29, 1.82) is 0 Å². The van der Waals surface area contributed by atoms with Gasteiger partial charge in [-0.05, 0) is 55.3 Å². The Morgan fingerprint density at radius 1 is 1.13 bits per heavy atom. The van der Waals surface area contributed by atoms with E-state index in [1.165, 1.54) is 23.3 Å². The largest absolute Gasteiger partial charge is 0.492 e. The Bertz CT molecular complexity index is 1100. The Morgan fingerprint density at radius 3 is 2.60 bits per heavy atom. The first-order chi connectivity index (χ1) is 14.7. The quantitative estimate of drug-likeness (QED) is 0.452. The summed E-state index contributed by atoms with van der Waals surface area (Å²) in [6.07, 6.45) is 4.28. The molecule has 0 saturated carbocycles. The van der Waals surface area contributed by atoms with Gasteiger partial charge in [-0.15, -0.1) is 16.4 Å². The normalized spacial score (nSPS) is 17.0. The third-order valence-corrected chi connectivity index (χ3v) is 8.00. The number of thiophene rings is 1. The molecule has 4 aromatic rings. The monoisotopic (exact) mass is 438 g/mol. The van der Waals surface area contributed by atoms with E-state index in [0.29, 0.717) is 0 Å². The minimum Gasteiger partial charge on any atom is -0.492 e. The molecule has 5 rings (SSSR count). The molecular weight excluding hydrogens is 412 g/mol. The Kier molecular flexibility index (Phi) is 5.58. The van der Waals surface area contributed by atoms with Gasteiger partial charge in [0, 0.05) is 11.3 Å². The maximum atomic E-state index is 11.0. The summed E-state index contributed by atoms with van der Waals surface area (Å²) in [7, 11) is 0. The van der Waals surface area contributed by atoms with Crippen LogP contribution in [0.5, 0.6) is 5.88 Å². The fraction of sp³-hybridized carbons (Fsp3) is 0.391. The van der Waals surface area contributed by atoms with Gasteiger partial charge in [-0.25, -0.2) is 4.98 Å². The van der Waals surface area contributed by atoms with E-state index in [9.17, 15) is 5.11 Å². The molecule has 5 nitrogen and oxygen atoms in total. The third kappa shape index (κ3) is 3.77. The molecule has 156 valence electrons. The van der Waals surface area contributed by atoms with Crippen molar-refractivity contribution < 1.29 is 5.11 Å². The molecule has 0 spiro atoms. The summed E-state index contributed by atoms with van der Waals surface area (Å²) in [5.74, 6) is 1.74. The Balaban J connectivity index is 1.38. The standard InChI is InChI=1S/C23H26N4OS2/c1-2-19-24-23-27(25-19)22(28)21(30-23)20(18-9-6-14-29-18)26-12-10-17(11-13-26)15-16-7-4-3-5-8-16/h3-9,14,17,20,28H,2,10-13,15H2,1H3/t20-/m1/s1. The lowest BCUT2D eigenvalue weighted by atomic mass is 9.89. The lowest BCUT2D eigenvalue weighted by Gasteiger charge is -2.37. The van der Waals surface area contributed by atoms with Gasteiger partial charge < -0.3 is 5.11 Å². The van der Waals surface area contributed by atoms with Gasteiger partial charge in [0.15, 0.2) is 5.82 Å². The van der Waals surface area contributed by atoms with Gasteiger partial charge in [0.2, 0.25) is 10.8 Å². The SMILES string of the molecule is CCc1nc2sc([C@@H](c3cccs3)N3CCC(Cc4ccccc4)CC3)c(O)n2n1. The van der Waals surface area contributed by atoms with Crippen LogP contribution in [0.1, 0.15) is 46.9 Å². The molecule has 0 aliphatic carbocycles. The van der Waals surface area contributed by atoms with Crippen molar-refractivity contribution in [3.8, 4) is 5.88 Å². The van der Waals surface area contributed by atoms with Crippen molar-refractivity contribution in [1.82, 2.24) is 19.5 Å². The molecule has 0 unspecified atom stereocenters. The number of nitrogens with zero attached hydrogens (tertiary/aromatic N) is 4. The average Bonchev–Trinajstić information content (AvgIpc) is 3.50. The van der Waals surface area contributed by atoms with Crippen molar-refractivity contribution in [2.75, 3.05) is 13.1 Å². The molecule has 1 aliphatic heterocycles. The maximum Gasteiger partial charge on any atom is 0.230 e. The van der Waals surface area contributed by atoms with E-state index in [0.717, 1.165) is 47.5 Å². The lowest BCUT2D eigenvalue weighted by molar-refractivity contribution is 0.152. The van der Waals surface area contributed by atoms with Crippen molar-refractivity contribution >= 4 is 27.6 Å². The van der Waals surface area contributed by atoms with Crippen LogP contribution in [0.15, 0.2) is 47.8 Å². The van der Waals surface area contributed by atoms with Crippen LogP contribution < -0.4 is 0 Å². The van der Waals surface area contributed by atoms with Gasteiger partial charge in [0.1, 0.15) is 0 Å². The predicted octanol–water partition coefficient (Wildman–Crippen LogP) is 5.16. The van der Waals surface area contributed by atoms with Crippen LogP contribution in [-0.4, -0.2) is 37.7 Å². The van der Waals surface area contributed by atoms with Gasteiger partial charge >= 0.3 is 0 Å². The van der Waals surface area contributed by atoms with E-state index in [1.807, 2.05) is 6.92 Å². The number of aromatic nitrogens is 3. The maximum absolute atomic E-state index is 11.0. The fourth-order valence-corrected chi connectivity index (χ4v) is 6.47. The molecular formula is C23H26N4OS2. The number of benzene rings is 1. The summed E-state index contributed by atoms with van der Waals surface area (Å²) >= 11 is 3.32. The average molecular weight is 439 g/mol. The topological polar surface area (TPSA) is 53.7 Å². The van der Waals surface area contributed by atoms with Gasteiger partial charge in [0.05, 0.1) is 10.9 Å². The van der Waals surface area contributed by atoms with Gasteiger partial charge in [-0.1, -0.05) is 54.7 Å². The second-order valence-corrected chi connectivity index (χ2v) is 9.94. The highest BCUT2D eigenvalue weighted by atomic mass is 32.1. The van der Waals surface area contributed by atoms with Crippen LogP contribution in [0.2, 0.25) is 0 Å². The molecule has 4 heterocycles. The van der Waals surface area contributed by atoms with Crippen LogP contribution in [-0.2, 0) is 12.8 Å². The number of hydrogen-bond donors (Lipinski definition) is 1. The number of rotatable bonds is 6. The minimum atomic E-state index is 0.0706. The number of thiazole rings is 1. The number of piperidine rings is 1. The summed E-state index contributed by atoms with van der Waals surface area (Å²) < 4.78 is 1.61. The Hall–Kier alpha value is -2.22. The molecule has 1 aromatic carbocycles. The van der Waals surface area contributed by atoms with E-state index in [4.69, 9.17) is 0 Å². The van der Waals surface area contributed by atoms with Crippen LogP contribution in [0, 0.1) is 5.92 Å². The first kappa shape index (κ1) is 19.7. The van der Waals surface area contributed by atoms with Crippen molar-refractivity contribution in [3.63, 3.8) is 0 Å². The molecule has 1 aliphatic rings. The van der Waals surface area contributed by atoms with Gasteiger partial charge in [0.25, 0.3) is 0 Å². The molecule has 0 radical (unpaired) electrons. The minimum absolute atomic E-state index is 0.0706. The number of aryl methyl sites for hydroxylation is 1. The van der Waals surface area contributed by atoms with E-state index in [2.05, 4.69) is 62.8 Å². The second-order valence-electron chi connectivity index (χ2n) is 7.95. The molecule has 1 atom stereocenters. The van der Waals surface area contributed by atoms with E-state index in [1.54, 1.807) is 27.2 Å². The highest BCUT2D eigenvalue weighted by Crippen LogP contribution is 2.42. The molecule has 0 bridgehead atoms. The number of fused-ring (bicyclic) bond motifs is 1. The van der Waals surface area contributed by atoms with Crippen molar-refractivity contribution in [3.05, 3.63) is 69.0 Å². The highest BCUT2D eigenvalue weighted by Gasteiger charge is 2.32. The Labute approximate surface area is 184 Å². The molecule has 3 aromatic heterocycles. The molecule has 30 heavy (non-hydrogen) atoms. The number of aromatic hydroxyl groups is 1. The first-order valence-electron chi connectivity index (χ1n) is 10.6. The zero-order valence-electron chi connectivity index (χ0n) is 17.1. The molecule has 1 N–H and O–H groups in total. The van der Waals surface area contributed by atoms with Gasteiger partial charge in [-0.2, -0.15) is 4.52 Å². The van der Waals surface area contributed by atoms with Crippen LogP contribution in [0.25, 0.3) is 4.96 Å². The van der Waals surface area contributed by atoms with E-state index < -0.39 is 0 Å². The highest BCUT2D eigenvalue weighted by molar-refractivity contribution is 7.17. The summed E-state index contributed by atoms with van der Waals surface area (Å²) in [5, 5.41) is 17.6. The van der Waals surface area contributed by atoms with Crippen molar-refractivity contribution in [2.24, 2.45) is 5.92 Å². The molecule has 1 fully saturated rings. The zero-order valence-corrected chi connectivity index (χ0v) is 18.7. The van der Waals surface area contributed by atoms with E-state index in [-0.39, 0.29) is 11.9 Å². The molecule has 1 saturated heterocycles. The number of likely N-dealkylation sites (tertiary alicyclic amines) is 1. The molecule has 7 heteroatoms. The summed E-state index contributed by atoms with van der Waals surface area (Å²) in [6.45, 7) is 4.10. The smallest absolute Gasteiger partial charge is 0.230 e. The van der Waals surface area contributed by atoms with Crippen LogP contribution >= 0.6 is 22.7 Å². The number of hydrogen-bond acceptors (Lipinski definition) is 6. The predicted molar refractivity (Wildman–Crippen MR) is 123 cm³/mol. The van der Waals surface area contributed by atoms with Crippen LogP contribution in [0.3, 0.4) is 0 Å². The molecule has 0 amide bonds. The summed E-state index contributed by atoms with van der Waals surface area (Å²) in [4.78, 5) is 10.1. The first-order valence-corrected chi connectivity index (χ1v) is 12.3. The van der Waals surface area contributed by atoms with Crippen LogP contribution in [0.4, 0.5) is 0 Å². The lowest BCUT2D eigenvalue weighted by Crippen LogP contribution is -2.37. The zero-order chi connectivity index (χ0) is 20.5. The van der Waals surface area contributed by atoms with Gasteiger partial charge in [-0.3, -0.25) is 4.90 Å². The Morgan fingerprint density at radius 2 is 1.93 bits per heavy atom. The summed E-state index contributed by atoms with van der Waals surface area (Å²) in [5.41, 5.74) is 1.43. The second kappa shape index (κ2) is 8.49. The van der Waals surface area contributed by atoms with Crippen molar-refractivity contribution in [2.45, 2.75) is 38.6 Å².